The van der Waals surface area contributed by atoms with E-state index in [1.54, 1.807) is 18.3 Å². The lowest BCUT2D eigenvalue weighted by Crippen LogP contribution is -2.12. The number of amides is 1. The molecule has 2 N–H and O–H groups in total. The van der Waals surface area contributed by atoms with Gasteiger partial charge in [0.2, 0.25) is 5.13 Å². The zero-order valence-electron chi connectivity index (χ0n) is 11.5. The van der Waals surface area contributed by atoms with Crippen molar-refractivity contribution in [1.29, 1.82) is 0 Å². The summed E-state index contributed by atoms with van der Waals surface area (Å²) in [6.07, 6.45) is 3.39. The van der Waals surface area contributed by atoms with Gasteiger partial charge in [0, 0.05) is 12.7 Å². The fourth-order valence-electron chi connectivity index (χ4n) is 1.50. The van der Waals surface area contributed by atoms with Gasteiger partial charge in [-0.1, -0.05) is 25.2 Å². The second-order valence-electron chi connectivity index (χ2n) is 4.17. The smallest absolute Gasteiger partial charge is 0.259 e. The van der Waals surface area contributed by atoms with Crippen molar-refractivity contribution in [3.8, 4) is 0 Å². The third kappa shape index (κ3) is 3.74. The molecule has 0 atom stereocenters. The van der Waals surface area contributed by atoms with E-state index in [0.29, 0.717) is 10.7 Å². The number of hydrogen-bond acceptors (Lipinski definition) is 6. The summed E-state index contributed by atoms with van der Waals surface area (Å²) in [6, 6.07) is 3.53. The Morgan fingerprint density at radius 2 is 2.15 bits per heavy atom. The van der Waals surface area contributed by atoms with Gasteiger partial charge in [-0.2, -0.15) is 0 Å². The number of nitrogens with zero attached hydrogens (tertiary/aromatic N) is 3. The first-order valence-corrected chi connectivity index (χ1v) is 7.38. The minimum Gasteiger partial charge on any atom is -0.370 e. The molecule has 0 spiro atoms. The number of hydrogen-bond donors (Lipinski definition) is 2. The predicted octanol–water partition coefficient (Wildman–Crippen LogP) is 2.57. The highest BCUT2D eigenvalue weighted by Gasteiger charge is 2.10. The lowest BCUT2D eigenvalue weighted by Gasteiger charge is -2.04. The van der Waals surface area contributed by atoms with Gasteiger partial charge in [-0.15, -0.1) is 10.2 Å². The molecular formula is C13H17N5OS. The van der Waals surface area contributed by atoms with Crippen LogP contribution >= 0.6 is 11.3 Å². The second-order valence-corrected chi connectivity index (χ2v) is 5.23. The molecule has 0 bridgehead atoms. The van der Waals surface area contributed by atoms with E-state index in [-0.39, 0.29) is 5.91 Å². The van der Waals surface area contributed by atoms with Crippen molar-refractivity contribution in [3.63, 3.8) is 0 Å². The normalized spacial score (nSPS) is 10.3. The van der Waals surface area contributed by atoms with Crippen molar-refractivity contribution in [2.24, 2.45) is 0 Å². The van der Waals surface area contributed by atoms with Crippen LogP contribution in [0, 0.1) is 0 Å². The number of carbonyl (C=O) groups excluding carboxylic acids is 1. The van der Waals surface area contributed by atoms with Crippen LogP contribution in [0.3, 0.4) is 0 Å². The number of aryl methyl sites for hydroxylation is 1. The average Bonchev–Trinajstić information content (AvgIpc) is 2.93. The predicted molar refractivity (Wildman–Crippen MR) is 80.3 cm³/mol. The molecular weight excluding hydrogens is 274 g/mol. The summed E-state index contributed by atoms with van der Waals surface area (Å²) in [7, 11) is 0. The molecule has 6 nitrogen and oxygen atoms in total. The Morgan fingerprint density at radius 3 is 2.75 bits per heavy atom. The monoisotopic (exact) mass is 291 g/mol. The number of anilines is 2. The zero-order valence-corrected chi connectivity index (χ0v) is 12.3. The van der Waals surface area contributed by atoms with Crippen LogP contribution < -0.4 is 10.6 Å². The maximum Gasteiger partial charge on any atom is 0.259 e. The van der Waals surface area contributed by atoms with E-state index in [0.717, 1.165) is 30.2 Å². The first kappa shape index (κ1) is 14.4. The maximum absolute atomic E-state index is 12.0. The zero-order chi connectivity index (χ0) is 14.4. The van der Waals surface area contributed by atoms with E-state index in [1.165, 1.54) is 11.3 Å². The van der Waals surface area contributed by atoms with Crippen LogP contribution in [0.2, 0.25) is 0 Å². The van der Waals surface area contributed by atoms with Crippen LogP contribution in [-0.4, -0.2) is 27.6 Å². The third-order valence-electron chi connectivity index (χ3n) is 2.57. The van der Waals surface area contributed by atoms with Gasteiger partial charge in [0.05, 0.1) is 5.56 Å². The number of rotatable bonds is 6. The van der Waals surface area contributed by atoms with Gasteiger partial charge in [0.1, 0.15) is 10.8 Å². The van der Waals surface area contributed by atoms with Gasteiger partial charge in [0.25, 0.3) is 5.91 Å². The van der Waals surface area contributed by atoms with Gasteiger partial charge < -0.3 is 5.32 Å². The van der Waals surface area contributed by atoms with Crippen molar-refractivity contribution in [3.05, 3.63) is 28.9 Å². The molecule has 106 valence electrons. The van der Waals surface area contributed by atoms with Crippen molar-refractivity contribution >= 4 is 28.2 Å². The van der Waals surface area contributed by atoms with Crippen LogP contribution in [0.25, 0.3) is 0 Å². The third-order valence-corrected chi connectivity index (χ3v) is 3.55. The van der Waals surface area contributed by atoms with Crippen LogP contribution in [0.1, 0.15) is 35.6 Å². The molecule has 0 fully saturated rings. The van der Waals surface area contributed by atoms with E-state index in [1.807, 2.05) is 6.92 Å². The number of carbonyl (C=O) groups is 1. The molecule has 2 aromatic rings. The summed E-state index contributed by atoms with van der Waals surface area (Å²) in [5.74, 6) is 0.547. The number of nitrogens with one attached hydrogen (secondary N) is 2. The molecule has 20 heavy (non-hydrogen) atoms. The van der Waals surface area contributed by atoms with E-state index < -0.39 is 0 Å². The largest absolute Gasteiger partial charge is 0.370 e. The Labute approximate surface area is 121 Å². The number of aromatic nitrogens is 3. The fraction of sp³-hybridized carbons (Fsp3) is 0.385. The highest BCUT2D eigenvalue weighted by molar-refractivity contribution is 7.15. The second kappa shape index (κ2) is 6.95. The highest BCUT2D eigenvalue weighted by atomic mass is 32.1. The van der Waals surface area contributed by atoms with Gasteiger partial charge in [-0.05, 0) is 25.0 Å². The summed E-state index contributed by atoms with van der Waals surface area (Å²) in [5, 5.41) is 15.2. The van der Waals surface area contributed by atoms with Crippen molar-refractivity contribution < 1.29 is 4.79 Å². The lowest BCUT2D eigenvalue weighted by molar-refractivity contribution is 0.102. The minimum absolute atomic E-state index is 0.224. The quantitative estimate of drug-likeness (QED) is 0.855. The van der Waals surface area contributed by atoms with Crippen LogP contribution in [-0.2, 0) is 6.42 Å². The van der Waals surface area contributed by atoms with E-state index >= 15 is 0 Å². The molecule has 0 aliphatic carbocycles. The van der Waals surface area contributed by atoms with Crippen LogP contribution in [0.5, 0.6) is 0 Å². The molecule has 2 heterocycles. The Balaban J connectivity index is 1.98. The molecule has 0 aromatic carbocycles. The number of pyridine rings is 1. The minimum atomic E-state index is -0.224. The summed E-state index contributed by atoms with van der Waals surface area (Å²) in [6.45, 7) is 4.95. The molecule has 7 heteroatoms. The molecule has 0 radical (unpaired) electrons. The molecule has 0 aliphatic heterocycles. The fourth-order valence-corrected chi connectivity index (χ4v) is 2.18. The first-order chi connectivity index (χ1) is 9.72. The van der Waals surface area contributed by atoms with Crippen molar-refractivity contribution in [2.75, 3.05) is 17.2 Å². The van der Waals surface area contributed by atoms with E-state index in [4.69, 9.17) is 0 Å². The summed E-state index contributed by atoms with van der Waals surface area (Å²) >= 11 is 1.38. The van der Waals surface area contributed by atoms with Crippen molar-refractivity contribution in [2.45, 2.75) is 26.7 Å². The van der Waals surface area contributed by atoms with E-state index in [9.17, 15) is 4.79 Å². The molecule has 0 saturated carbocycles. The molecule has 0 aliphatic rings. The molecule has 1 amide bonds. The van der Waals surface area contributed by atoms with Crippen LogP contribution in [0.4, 0.5) is 10.9 Å². The Bertz CT molecular complexity index is 566. The van der Waals surface area contributed by atoms with Gasteiger partial charge in [-0.3, -0.25) is 10.1 Å². The molecule has 0 saturated heterocycles. The first-order valence-electron chi connectivity index (χ1n) is 6.56. The summed E-state index contributed by atoms with van der Waals surface area (Å²) in [5.41, 5.74) is 0.500. The van der Waals surface area contributed by atoms with Gasteiger partial charge >= 0.3 is 0 Å². The molecule has 2 aromatic heterocycles. The molecule has 0 unspecified atom stereocenters. The van der Waals surface area contributed by atoms with E-state index in [2.05, 4.69) is 32.7 Å². The summed E-state index contributed by atoms with van der Waals surface area (Å²) in [4.78, 5) is 16.2. The lowest BCUT2D eigenvalue weighted by atomic mass is 10.2. The van der Waals surface area contributed by atoms with Gasteiger partial charge in [0.15, 0.2) is 0 Å². The maximum atomic E-state index is 12.0. The van der Waals surface area contributed by atoms with Crippen molar-refractivity contribution in [1.82, 2.24) is 15.2 Å². The average molecular weight is 291 g/mol. The Kier molecular flexibility index (Phi) is 5.00. The van der Waals surface area contributed by atoms with Gasteiger partial charge in [-0.25, -0.2) is 4.98 Å². The SMILES string of the molecule is CCCNc1ccc(C(=O)Nc2nnc(CC)s2)cn1. The summed E-state index contributed by atoms with van der Waals surface area (Å²) < 4.78 is 0. The Morgan fingerprint density at radius 1 is 1.30 bits per heavy atom. The highest BCUT2D eigenvalue weighted by Crippen LogP contribution is 2.16. The molecule has 2 rings (SSSR count). The van der Waals surface area contributed by atoms with Crippen LogP contribution in [0.15, 0.2) is 18.3 Å². The standard InChI is InChI=1S/C13H17N5OS/c1-3-7-14-10-6-5-9(8-15-10)12(19)16-13-18-17-11(4-2)20-13/h5-6,8H,3-4,7H2,1-2H3,(H,14,15)(H,16,18,19). The topological polar surface area (TPSA) is 79.8 Å². The Hall–Kier alpha value is -2.02.